The van der Waals surface area contributed by atoms with Crippen molar-refractivity contribution in [3.63, 3.8) is 0 Å². The zero-order chi connectivity index (χ0) is 44.1. The lowest BCUT2D eigenvalue weighted by Crippen LogP contribution is -2.45. The molecule has 2 saturated carbocycles. The number of amides is 2. The molecule has 0 bridgehead atoms. The molecule has 2 aliphatic carbocycles. The zero-order valence-corrected chi connectivity index (χ0v) is 36.4. The van der Waals surface area contributed by atoms with Gasteiger partial charge in [0.15, 0.2) is 0 Å². The third-order valence-corrected chi connectivity index (χ3v) is 12.1. The second-order valence-corrected chi connectivity index (χ2v) is 17.0. The van der Waals surface area contributed by atoms with Gasteiger partial charge in [-0.15, -0.1) is 0 Å². The molecule has 13 heteroatoms. The third-order valence-electron chi connectivity index (χ3n) is 11.6. The number of aliphatic hydroxyl groups is 2. The SMILES string of the molecule is O=C(N[C@@H]1CCCC[C@H]1O)c1cnc(CCc2ccc(F)cn2)c(-c2ccc(Cl)cc2)c1.O=C(N[C@@H]1CCCC[C@H]1O)c1cnc(CCc2ccccn2)c(-c2ccc(Cl)cc2)c1. The lowest BCUT2D eigenvalue weighted by atomic mass is 9.92. The normalized spacial score (nSPS) is 18.4. The van der Waals surface area contributed by atoms with Crippen LogP contribution < -0.4 is 10.6 Å². The summed E-state index contributed by atoms with van der Waals surface area (Å²) < 4.78 is 13.1. The van der Waals surface area contributed by atoms with Gasteiger partial charge in [0.05, 0.1) is 41.6 Å². The average Bonchev–Trinajstić information content (AvgIpc) is 3.30. The lowest BCUT2D eigenvalue weighted by molar-refractivity contribution is 0.0715. The Balaban J connectivity index is 0.000000189. The number of carbonyl (C=O) groups excluding carboxylic acids is 2. The fourth-order valence-corrected chi connectivity index (χ4v) is 8.30. The van der Waals surface area contributed by atoms with Gasteiger partial charge < -0.3 is 20.8 Å². The number of hydrogen-bond acceptors (Lipinski definition) is 8. The molecule has 4 N–H and O–H groups in total. The summed E-state index contributed by atoms with van der Waals surface area (Å²) in [5.74, 6) is -0.817. The smallest absolute Gasteiger partial charge is 0.253 e. The summed E-state index contributed by atoms with van der Waals surface area (Å²) in [7, 11) is 0. The van der Waals surface area contributed by atoms with Gasteiger partial charge in [0.25, 0.3) is 11.8 Å². The van der Waals surface area contributed by atoms with Gasteiger partial charge in [-0.1, -0.05) is 79.2 Å². The van der Waals surface area contributed by atoms with E-state index in [4.69, 9.17) is 23.2 Å². The number of hydrogen-bond donors (Lipinski definition) is 4. The van der Waals surface area contributed by atoms with Crippen LogP contribution in [0, 0.1) is 5.82 Å². The van der Waals surface area contributed by atoms with E-state index in [2.05, 4.69) is 30.6 Å². The van der Waals surface area contributed by atoms with E-state index in [1.807, 2.05) is 66.7 Å². The molecule has 0 spiro atoms. The van der Waals surface area contributed by atoms with Crippen LogP contribution in [0.2, 0.25) is 10.0 Å². The van der Waals surface area contributed by atoms with Crippen LogP contribution in [0.4, 0.5) is 4.39 Å². The minimum absolute atomic E-state index is 0.204. The number of pyridine rings is 4. The Morgan fingerprint density at radius 2 is 1.05 bits per heavy atom. The first-order valence-electron chi connectivity index (χ1n) is 21.6. The Labute approximate surface area is 377 Å². The number of rotatable bonds is 12. The Kier molecular flexibility index (Phi) is 16.0. The highest BCUT2D eigenvalue weighted by Gasteiger charge is 2.27. The zero-order valence-electron chi connectivity index (χ0n) is 34.9. The monoisotopic (exact) mass is 888 g/mol. The van der Waals surface area contributed by atoms with Crippen LogP contribution in [0.15, 0.2) is 116 Å². The number of nitrogens with zero attached hydrogens (tertiary/aromatic N) is 4. The van der Waals surface area contributed by atoms with Gasteiger partial charge >= 0.3 is 0 Å². The maximum absolute atomic E-state index is 13.1. The number of aliphatic hydroxyl groups excluding tert-OH is 2. The van der Waals surface area contributed by atoms with Crippen molar-refractivity contribution in [2.45, 2.75) is 101 Å². The van der Waals surface area contributed by atoms with Gasteiger partial charge in [-0.3, -0.25) is 29.5 Å². The van der Waals surface area contributed by atoms with E-state index in [9.17, 15) is 24.2 Å². The highest BCUT2D eigenvalue weighted by molar-refractivity contribution is 6.31. The van der Waals surface area contributed by atoms with Gasteiger partial charge in [-0.25, -0.2) is 4.39 Å². The third kappa shape index (κ3) is 12.8. The van der Waals surface area contributed by atoms with Crippen LogP contribution in [-0.2, 0) is 25.7 Å². The van der Waals surface area contributed by atoms with Crippen LogP contribution in [-0.4, -0.2) is 66.3 Å². The molecule has 2 fully saturated rings. The van der Waals surface area contributed by atoms with Crippen molar-refractivity contribution in [1.82, 2.24) is 30.6 Å². The van der Waals surface area contributed by atoms with E-state index in [1.165, 1.54) is 12.3 Å². The topological polar surface area (TPSA) is 150 Å². The Bertz CT molecular complexity index is 2440. The van der Waals surface area contributed by atoms with Crippen molar-refractivity contribution < 1.29 is 24.2 Å². The minimum atomic E-state index is -0.515. The highest BCUT2D eigenvalue weighted by atomic mass is 35.5. The van der Waals surface area contributed by atoms with Crippen molar-refractivity contribution in [1.29, 1.82) is 0 Å². The number of carbonyl (C=O) groups is 2. The van der Waals surface area contributed by atoms with E-state index < -0.39 is 12.2 Å². The van der Waals surface area contributed by atoms with E-state index in [0.29, 0.717) is 46.9 Å². The molecule has 8 rings (SSSR count). The molecule has 6 aromatic rings. The summed E-state index contributed by atoms with van der Waals surface area (Å²) in [6.45, 7) is 0. The number of aromatic nitrogens is 4. The molecule has 326 valence electrons. The first kappa shape index (κ1) is 45.4. The number of benzene rings is 2. The number of aryl methyl sites for hydroxylation is 4. The summed E-state index contributed by atoms with van der Waals surface area (Å²) in [5.41, 5.74) is 8.01. The molecule has 2 aromatic carbocycles. The molecule has 63 heavy (non-hydrogen) atoms. The van der Waals surface area contributed by atoms with Crippen LogP contribution in [0.3, 0.4) is 0 Å². The molecule has 2 amide bonds. The maximum Gasteiger partial charge on any atom is 0.253 e. The van der Waals surface area contributed by atoms with Crippen molar-refractivity contribution in [2.24, 2.45) is 0 Å². The van der Waals surface area contributed by atoms with E-state index in [0.717, 1.165) is 96.4 Å². The molecule has 4 aromatic heterocycles. The second kappa shape index (κ2) is 22.2. The molecule has 4 atom stereocenters. The first-order valence-corrected chi connectivity index (χ1v) is 22.3. The Morgan fingerprint density at radius 3 is 1.48 bits per heavy atom. The van der Waals surface area contributed by atoms with Crippen LogP contribution in [0.1, 0.15) is 94.9 Å². The average molecular weight is 890 g/mol. The summed E-state index contributed by atoms with van der Waals surface area (Å²) in [4.78, 5) is 43.5. The number of halogens is 3. The van der Waals surface area contributed by atoms with E-state index >= 15 is 0 Å². The van der Waals surface area contributed by atoms with Crippen molar-refractivity contribution >= 4 is 35.0 Å². The molecule has 0 unspecified atom stereocenters. The standard InChI is InChI=1S/C25H25ClFN3O2.C25H26ClN3O2/c26-18-7-5-16(6-8-18)21-13-17(25(32)30-23-3-1-2-4-24(23)31)14-29-22(21)12-11-20-10-9-19(27)15-28-20;26-19-10-8-17(9-11-19)21-15-18(25(31)29-23-6-1-2-7-24(23)30)16-28-22(21)13-12-20-5-3-4-14-27-20/h5-10,13-15,23-24,31H,1-4,11-12H2,(H,30,32);3-5,8-11,14-16,23-24,30H,1-2,6-7,12-13H2,(H,29,31)/t2*23-,24-/m11/s1. The molecule has 10 nitrogen and oxygen atoms in total. The quantitative estimate of drug-likeness (QED) is 0.0950. The van der Waals surface area contributed by atoms with Crippen molar-refractivity contribution in [3.05, 3.63) is 166 Å². The summed E-state index contributed by atoms with van der Waals surface area (Å²) >= 11 is 12.1. The van der Waals surface area contributed by atoms with Crippen LogP contribution in [0.5, 0.6) is 0 Å². The Morgan fingerprint density at radius 1 is 0.571 bits per heavy atom. The number of nitrogens with one attached hydrogen (secondary N) is 2. The van der Waals surface area contributed by atoms with Gasteiger partial charge in [0, 0.05) is 62.5 Å². The highest BCUT2D eigenvalue weighted by Crippen LogP contribution is 2.29. The lowest BCUT2D eigenvalue weighted by Gasteiger charge is -2.28. The van der Waals surface area contributed by atoms with Crippen LogP contribution in [0.25, 0.3) is 22.3 Å². The summed E-state index contributed by atoms with van der Waals surface area (Å²) in [6, 6.07) is 27.1. The molecular weight excluding hydrogens is 838 g/mol. The maximum atomic E-state index is 13.1. The first-order chi connectivity index (χ1) is 30.6. The minimum Gasteiger partial charge on any atom is -0.391 e. The second-order valence-electron chi connectivity index (χ2n) is 16.1. The molecular formula is C50H51Cl2FN6O4. The van der Waals surface area contributed by atoms with Gasteiger partial charge in [0.2, 0.25) is 0 Å². The van der Waals surface area contributed by atoms with Crippen LogP contribution >= 0.6 is 23.2 Å². The Hall–Kier alpha value is -5.59. The fourth-order valence-electron chi connectivity index (χ4n) is 8.05. The predicted molar refractivity (Wildman–Crippen MR) is 244 cm³/mol. The van der Waals surface area contributed by atoms with Gasteiger partial charge in [0.1, 0.15) is 5.82 Å². The van der Waals surface area contributed by atoms with Gasteiger partial charge in [-0.05, 0) is 123 Å². The molecule has 2 aliphatic rings. The molecule has 4 heterocycles. The van der Waals surface area contributed by atoms with E-state index in [1.54, 1.807) is 36.8 Å². The van der Waals surface area contributed by atoms with Crippen molar-refractivity contribution in [2.75, 3.05) is 0 Å². The fraction of sp³-hybridized carbons (Fsp3) is 0.320. The molecule has 0 saturated heterocycles. The van der Waals surface area contributed by atoms with Gasteiger partial charge in [-0.2, -0.15) is 0 Å². The molecule has 0 radical (unpaired) electrons. The summed E-state index contributed by atoms with van der Waals surface area (Å²) in [6.07, 6.45) is 14.8. The summed E-state index contributed by atoms with van der Waals surface area (Å²) in [5, 5.41) is 27.6. The van der Waals surface area contributed by atoms with Crippen molar-refractivity contribution in [3.8, 4) is 22.3 Å². The molecule has 0 aliphatic heterocycles. The largest absolute Gasteiger partial charge is 0.391 e. The van der Waals surface area contributed by atoms with E-state index in [-0.39, 0.29) is 29.7 Å². The predicted octanol–water partition coefficient (Wildman–Crippen LogP) is 9.37.